The summed E-state index contributed by atoms with van der Waals surface area (Å²) in [7, 11) is 1.64. The Balaban J connectivity index is 2.18. The average Bonchev–Trinajstić information content (AvgIpc) is 2.47. The van der Waals surface area contributed by atoms with Gasteiger partial charge in [0, 0.05) is 12.7 Å². The topological polar surface area (TPSA) is 62.9 Å². The van der Waals surface area contributed by atoms with Gasteiger partial charge in [-0.15, -0.1) is 0 Å². The number of nitrogens with two attached hydrogens (primary N) is 1. The molecule has 5 nitrogen and oxygen atoms in total. The number of hydrogen-bond acceptors (Lipinski definition) is 5. The molecule has 0 spiro atoms. The highest BCUT2D eigenvalue weighted by Crippen LogP contribution is 2.19. The second-order valence-corrected chi connectivity index (χ2v) is 4.85. The molecule has 0 fully saturated rings. The molecule has 0 radical (unpaired) electrons. The van der Waals surface area contributed by atoms with Crippen LogP contribution in [0.3, 0.4) is 0 Å². The summed E-state index contributed by atoms with van der Waals surface area (Å²) >= 11 is 4.95. The fraction of sp³-hybridized carbons (Fsp3) is 0.533. The minimum Gasteiger partial charge on any atom is -0.491 e. The van der Waals surface area contributed by atoms with Gasteiger partial charge in [0.2, 0.25) is 0 Å². The number of hydrogen-bond donors (Lipinski definition) is 1. The van der Waals surface area contributed by atoms with Gasteiger partial charge in [0.05, 0.1) is 33.0 Å². The van der Waals surface area contributed by atoms with Gasteiger partial charge >= 0.3 is 0 Å². The second-order valence-electron chi connectivity index (χ2n) is 4.41. The Morgan fingerprint density at radius 2 is 1.67 bits per heavy atom. The van der Waals surface area contributed by atoms with E-state index in [1.165, 1.54) is 0 Å². The maximum absolute atomic E-state index is 5.67. The van der Waals surface area contributed by atoms with Crippen molar-refractivity contribution in [3.63, 3.8) is 0 Å². The van der Waals surface area contributed by atoms with Crippen LogP contribution >= 0.6 is 12.2 Å². The van der Waals surface area contributed by atoms with Crippen LogP contribution in [0.25, 0.3) is 0 Å². The summed E-state index contributed by atoms with van der Waals surface area (Å²) in [5.74, 6) is 0.778. The standard InChI is InChI=1S/C15H23NO4S/c1-12-3-4-13(15(16)21)11-14(12)20-10-9-19-8-7-18-6-5-17-2/h3-4,11H,5-10H2,1-2H3,(H2,16,21). The van der Waals surface area contributed by atoms with Gasteiger partial charge in [-0.25, -0.2) is 0 Å². The highest BCUT2D eigenvalue weighted by molar-refractivity contribution is 7.80. The van der Waals surface area contributed by atoms with Gasteiger partial charge in [-0.05, 0) is 18.6 Å². The molecule has 0 saturated carbocycles. The summed E-state index contributed by atoms with van der Waals surface area (Å²) in [6.45, 7) is 5.23. The largest absolute Gasteiger partial charge is 0.491 e. The van der Waals surface area contributed by atoms with Crippen molar-refractivity contribution in [2.45, 2.75) is 6.92 Å². The first-order chi connectivity index (χ1) is 10.1. The Morgan fingerprint density at radius 1 is 1.05 bits per heavy atom. The van der Waals surface area contributed by atoms with Crippen LogP contribution in [0, 0.1) is 6.92 Å². The maximum Gasteiger partial charge on any atom is 0.123 e. The zero-order valence-corrected chi connectivity index (χ0v) is 13.4. The van der Waals surface area contributed by atoms with E-state index in [-0.39, 0.29) is 0 Å². The Labute approximate surface area is 131 Å². The van der Waals surface area contributed by atoms with E-state index in [2.05, 4.69) is 0 Å². The van der Waals surface area contributed by atoms with Gasteiger partial charge in [0.25, 0.3) is 0 Å². The summed E-state index contributed by atoms with van der Waals surface area (Å²) in [6, 6.07) is 5.68. The summed E-state index contributed by atoms with van der Waals surface area (Å²) in [4.78, 5) is 0.365. The Bertz CT molecular complexity index is 440. The smallest absolute Gasteiger partial charge is 0.123 e. The summed E-state index contributed by atoms with van der Waals surface area (Å²) in [6.07, 6.45) is 0. The first-order valence-electron chi connectivity index (χ1n) is 6.83. The predicted octanol–water partition coefficient (Wildman–Crippen LogP) is 1.69. The number of benzene rings is 1. The number of thiocarbonyl (C=S) groups is 1. The minimum absolute atomic E-state index is 0.365. The molecule has 2 N–H and O–H groups in total. The summed E-state index contributed by atoms with van der Waals surface area (Å²) in [5.41, 5.74) is 7.45. The molecule has 0 amide bonds. The quantitative estimate of drug-likeness (QED) is 0.495. The van der Waals surface area contributed by atoms with Crippen LogP contribution in [0.5, 0.6) is 5.75 Å². The molecule has 0 aliphatic carbocycles. The van der Waals surface area contributed by atoms with Crippen LogP contribution < -0.4 is 10.5 Å². The molecule has 0 bridgehead atoms. The first-order valence-corrected chi connectivity index (χ1v) is 7.23. The fourth-order valence-corrected chi connectivity index (χ4v) is 1.71. The molecule has 6 heteroatoms. The van der Waals surface area contributed by atoms with Gasteiger partial charge in [-0.3, -0.25) is 0 Å². The zero-order chi connectivity index (χ0) is 15.5. The molecule has 1 rings (SSSR count). The van der Waals surface area contributed by atoms with Crippen LogP contribution in [0.1, 0.15) is 11.1 Å². The van der Waals surface area contributed by atoms with E-state index in [1.54, 1.807) is 7.11 Å². The number of methoxy groups -OCH3 is 1. The van der Waals surface area contributed by atoms with Crippen LogP contribution in [0.2, 0.25) is 0 Å². The molecule has 0 aliphatic heterocycles. The van der Waals surface area contributed by atoms with Crippen LogP contribution in [0.4, 0.5) is 0 Å². The van der Waals surface area contributed by atoms with Crippen LogP contribution in [0.15, 0.2) is 18.2 Å². The van der Waals surface area contributed by atoms with Crippen molar-refractivity contribution in [2.24, 2.45) is 5.73 Å². The Morgan fingerprint density at radius 3 is 2.29 bits per heavy atom. The molecule has 0 aromatic heterocycles. The molecular formula is C15H23NO4S. The van der Waals surface area contributed by atoms with Crippen molar-refractivity contribution in [3.8, 4) is 5.75 Å². The summed E-state index contributed by atoms with van der Waals surface area (Å²) < 4.78 is 21.2. The second kappa shape index (κ2) is 10.5. The van der Waals surface area contributed by atoms with E-state index in [1.807, 2.05) is 25.1 Å². The van der Waals surface area contributed by atoms with Gasteiger partial charge in [-0.1, -0.05) is 24.4 Å². The lowest BCUT2D eigenvalue weighted by Gasteiger charge is -2.11. The molecule has 0 aliphatic rings. The van der Waals surface area contributed by atoms with Crippen molar-refractivity contribution in [1.29, 1.82) is 0 Å². The molecule has 0 heterocycles. The Kier molecular flexibility index (Phi) is 8.93. The highest BCUT2D eigenvalue weighted by atomic mass is 32.1. The lowest BCUT2D eigenvalue weighted by atomic mass is 10.1. The Hall–Kier alpha value is -1.21. The molecule has 0 atom stereocenters. The van der Waals surface area contributed by atoms with E-state index < -0.39 is 0 Å². The number of rotatable bonds is 11. The van der Waals surface area contributed by atoms with E-state index in [0.717, 1.165) is 16.9 Å². The molecule has 118 valence electrons. The maximum atomic E-state index is 5.67. The van der Waals surface area contributed by atoms with Crippen molar-refractivity contribution in [1.82, 2.24) is 0 Å². The first kappa shape index (κ1) is 17.8. The third-order valence-corrected chi connectivity index (χ3v) is 3.00. The fourth-order valence-electron chi connectivity index (χ4n) is 1.58. The molecule has 21 heavy (non-hydrogen) atoms. The third-order valence-electron chi connectivity index (χ3n) is 2.76. The molecule has 0 unspecified atom stereocenters. The normalized spacial score (nSPS) is 10.6. The number of ether oxygens (including phenoxy) is 4. The van der Waals surface area contributed by atoms with Gasteiger partial charge < -0.3 is 24.7 Å². The van der Waals surface area contributed by atoms with Crippen molar-refractivity contribution < 1.29 is 18.9 Å². The van der Waals surface area contributed by atoms with Crippen molar-refractivity contribution >= 4 is 17.2 Å². The average molecular weight is 313 g/mol. The lowest BCUT2D eigenvalue weighted by molar-refractivity contribution is 0.0179. The monoisotopic (exact) mass is 313 g/mol. The molecule has 1 aromatic carbocycles. The minimum atomic E-state index is 0.365. The molecular weight excluding hydrogens is 290 g/mol. The zero-order valence-electron chi connectivity index (χ0n) is 12.6. The number of aryl methyl sites for hydroxylation is 1. The highest BCUT2D eigenvalue weighted by Gasteiger charge is 2.03. The van der Waals surface area contributed by atoms with E-state index >= 15 is 0 Å². The summed E-state index contributed by atoms with van der Waals surface area (Å²) in [5, 5.41) is 0. The lowest BCUT2D eigenvalue weighted by Crippen LogP contribution is -2.13. The predicted molar refractivity (Wildman–Crippen MR) is 86.1 cm³/mol. The van der Waals surface area contributed by atoms with Gasteiger partial charge in [-0.2, -0.15) is 0 Å². The van der Waals surface area contributed by atoms with Crippen LogP contribution in [-0.2, 0) is 14.2 Å². The van der Waals surface area contributed by atoms with E-state index in [9.17, 15) is 0 Å². The van der Waals surface area contributed by atoms with Gasteiger partial charge in [0.1, 0.15) is 17.3 Å². The van der Waals surface area contributed by atoms with Crippen molar-refractivity contribution in [3.05, 3.63) is 29.3 Å². The van der Waals surface area contributed by atoms with Crippen molar-refractivity contribution in [2.75, 3.05) is 46.8 Å². The van der Waals surface area contributed by atoms with E-state index in [0.29, 0.717) is 44.6 Å². The SMILES string of the molecule is COCCOCCOCCOc1cc(C(N)=S)ccc1C. The molecule has 1 aromatic rings. The van der Waals surface area contributed by atoms with Gasteiger partial charge in [0.15, 0.2) is 0 Å². The third kappa shape index (κ3) is 7.38. The van der Waals surface area contributed by atoms with E-state index in [4.69, 9.17) is 36.9 Å². The van der Waals surface area contributed by atoms with Crippen LogP contribution in [-0.4, -0.2) is 51.7 Å². The molecule has 0 saturated heterocycles.